The van der Waals surface area contributed by atoms with Crippen LogP contribution >= 0.6 is 23.7 Å². The first-order valence-corrected chi connectivity index (χ1v) is 8.77. The third-order valence-electron chi connectivity index (χ3n) is 3.84. The Labute approximate surface area is 157 Å². The van der Waals surface area contributed by atoms with E-state index in [1.165, 1.54) is 22.2 Å². The summed E-state index contributed by atoms with van der Waals surface area (Å²) in [6.45, 7) is 6.90. The number of nitrogens with one attached hydrogen (secondary N) is 2. The Morgan fingerprint density at radius 3 is 2.80 bits per heavy atom. The molecule has 2 aromatic rings. The van der Waals surface area contributed by atoms with E-state index in [4.69, 9.17) is 4.74 Å². The highest BCUT2D eigenvalue weighted by Crippen LogP contribution is 2.25. The third kappa shape index (κ3) is 5.78. The SMILES string of the molecule is COCCNCCNC(=O)CCn1cnc2sc(C)c(C)c2c1=O.Cl. The first kappa shape index (κ1) is 21.6. The van der Waals surface area contributed by atoms with Crippen LogP contribution in [0, 0.1) is 13.8 Å². The molecule has 0 aliphatic rings. The number of hydrogen-bond acceptors (Lipinski definition) is 6. The van der Waals surface area contributed by atoms with Crippen LogP contribution < -0.4 is 16.2 Å². The van der Waals surface area contributed by atoms with Gasteiger partial charge in [-0.3, -0.25) is 14.2 Å². The Balaban J connectivity index is 0.00000312. The van der Waals surface area contributed by atoms with Gasteiger partial charge in [0.15, 0.2) is 0 Å². The molecule has 0 spiro atoms. The summed E-state index contributed by atoms with van der Waals surface area (Å²) in [7, 11) is 1.65. The highest BCUT2D eigenvalue weighted by molar-refractivity contribution is 7.18. The first-order valence-electron chi connectivity index (χ1n) is 7.96. The number of nitrogens with zero attached hydrogens (tertiary/aromatic N) is 2. The lowest BCUT2D eigenvalue weighted by molar-refractivity contribution is -0.121. The molecule has 25 heavy (non-hydrogen) atoms. The number of carbonyl (C=O) groups is 1. The minimum absolute atomic E-state index is 0. The summed E-state index contributed by atoms with van der Waals surface area (Å²) in [5, 5.41) is 6.64. The molecule has 0 unspecified atom stereocenters. The molecular weight excluding hydrogens is 364 g/mol. The van der Waals surface area contributed by atoms with E-state index < -0.39 is 0 Å². The molecule has 0 aliphatic heterocycles. The number of aryl methyl sites for hydroxylation is 3. The van der Waals surface area contributed by atoms with Crippen molar-refractivity contribution in [3.8, 4) is 0 Å². The second-order valence-corrected chi connectivity index (χ2v) is 6.75. The topological polar surface area (TPSA) is 85.2 Å². The van der Waals surface area contributed by atoms with Gasteiger partial charge in [-0.2, -0.15) is 0 Å². The van der Waals surface area contributed by atoms with Gasteiger partial charge in [-0.25, -0.2) is 4.98 Å². The van der Waals surface area contributed by atoms with Crippen LogP contribution in [0.15, 0.2) is 11.1 Å². The van der Waals surface area contributed by atoms with Gasteiger partial charge < -0.3 is 15.4 Å². The lowest BCUT2D eigenvalue weighted by atomic mass is 10.2. The number of amides is 1. The zero-order chi connectivity index (χ0) is 17.5. The maximum absolute atomic E-state index is 12.5. The van der Waals surface area contributed by atoms with Gasteiger partial charge in [0, 0.05) is 44.6 Å². The van der Waals surface area contributed by atoms with Crippen molar-refractivity contribution < 1.29 is 9.53 Å². The molecule has 2 aromatic heterocycles. The quantitative estimate of drug-likeness (QED) is 0.631. The Kier molecular flexibility index (Phi) is 9.05. The molecule has 0 fully saturated rings. The van der Waals surface area contributed by atoms with Crippen LogP contribution in [0.1, 0.15) is 16.9 Å². The van der Waals surface area contributed by atoms with Gasteiger partial charge in [0.2, 0.25) is 5.91 Å². The molecule has 9 heteroatoms. The second kappa shape index (κ2) is 10.5. The number of thiophene rings is 1. The molecule has 0 atom stereocenters. The average molecular weight is 389 g/mol. The van der Waals surface area contributed by atoms with Crippen molar-refractivity contribution in [1.29, 1.82) is 0 Å². The molecule has 0 saturated heterocycles. The third-order valence-corrected chi connectivity index (χ3v) is 4.96. The van der Waals surface area contributed by atoms with Gasteiger partial charge in [0.05, 0.1) is 18.3 Å². The summed E-state index contributed by atoms with van der Waals surface area (Å²) in [5.74, 6) is -0.0752. The number of hydrogen-bond donors (Lipinski definition) is 2. The van der Waals surface area contributed by atoms with E-state index >= 15 is 0 Å². The minimum Gasteiger partial charge on any atom is -0.383 e. The zero-order valence-corrected chi connectivity index (χ0v) is 16.4. The highest BCUT2D eigenvalue weighted by Gasteiger charge is 2.12. The van der Waals surface area contributed by atoms with Gasteiger partial charge in [-0.15, -0.1) is 23.7 Å². The fourth-order valence-corrected chi connectivity index (χ4v) is 3.32. The van der Waals surface area contributed by atoms with Crippen LogP contribution in [0.2, 0.25) is 0 Å². The number of rotatable bonds is 9. The molecule has 0 aromatic carbocycles. The first-order chi connectivity index (χ1) is 11.5. The molecule has 0 saturated carbocycles. The largest absolute Gasteiger partial charge is 0.383 e. The van der Waals surface area contributed by atoms with E-state index in [9.17, 15) is 9.59 Å². The highest BCUT2D eigenvalue weighted by atomic mass is 35.5. The smallest absolute Gasteiger partial charge is 0.262 e. The number of carbonyl (C=O) groups excluding carboxylic acids is 1. The molecule has 7 nitrogen and oxygen atoms in total. The number of fused-ring (bicyclic) bond motifs is 1. The molecule has 2 N–H and O–H groups in total. The van der Waals surface area contributed by atoms with Gasteiger partial charge in [-0.05, 0) is 19.4 Å². The van der Waals surface area contributed by atoms with E-state index in [0.29, 0.717) is 31.6 Å². The van der Waals surface area contributed by atoms with Gasteiger partial charge >= 0.3 is 0 Å². The Bertz CT molecular complexity index is 760. The van der Waals surface area contributed by atoms with Crippen molar-refractivity contribution >= 4 is 39.9 Å². The zero-order valence-electron chi connectivity index (χ0n) is 14.8. The van der Waals surface area contributed by atoms with Crippen molar-refractivity contribution in [2.24, 2.45) is 0 Å². The van der Waals surface area contributed by atoms with Crippen LogP contribution in [0.25, 0.3) is 10.2 Å². The molecule has 1 amide bonds. The van der Waals surface area contributed by atoms with Gasteiger partial charge in [0.1, 0.15) is 4.83 Å². The van der Waals surface area contributed by atoms with Crippen LogP contribution in [-0.4, -0.2) is 48.8 Å². The number of methoxy groups -OCH3 is 1. The Morgan fingerprint density at radius 2 is 2.08 bits per heavy atom. The maximum Gasteiger partial charge on any atom is 0.262 e. The van der Waals surface area contributed by atoms with Crippen molar-refractivity contribution in [3.05, 3.63) is 27.1 Å². The monoisotopic (exact) mass is 388 g/mol. The van der Waals surface area contributed by atoms with E-state index in [1.807, 2.05) is 13.8 Å². The summed E-state index contributed by atoms with van der Waals surface area (Å²) in [5.41, 5.74) is 0.907. The Hall–Kier alpha value is -1.48. The lowest BCUT2D eigenvalue weighted by Crippen LogP contribution is -2.34. The number of aromatic nitrogens is 2. The summed E-state index contributed by atoms with van der Waals surface area (Å²) < 4.78 is 6.43. The predicted octanol–water partition coefficient (Wildman–Crippen LogP) is 1.24. The Morgan fingerprint density at radius 1 is 1.32 bits per heavy atom. The second-order valence-electron chi connectivity index (χ2n) is 5.55. The molecule has 2 rings (SSSR count). The van der Waals surface area contributed by atoms with Crippen LogP contribution in [-0.2, 0) is 16.1 Å². The fraction of sp³-hybridized carbons (Fsp3) is 0.562. The molecular formula is C16H25ClN4O3S. The number of ether oxygens (including phenoxy) is 1. The van der Waals surface area contributed by atoms with Crippen LogP contribution in [0.5, 0.6) is 0 Å². The van der Waals surface area contributed by atoms with Crippen molar-refractivity contribution in [2.75, 3.05) is 33.4 Å². The van der Waals surface area contributed by atoms with Gasteiger partial charge in [-0.1, -0.05) is 0 Å². The molecule has 2 heterocycles. The number of halogens is 1. The summed E-state index contributed by atoms with van der Waals surface area (Å²) in [6, 6.07) is 0. The molecule has 0 bridgehead atoms. The van der Waals surface area contributed by atoms with Crippen molar-refractivity contribution in [1.82, 2.24) is 20.2 Å². The lowest BCUT2D eigenvalue weighted by Gasteiger charge is -2.08. The normalized spacial score (nSPS) is 10.7. The van der Waals surface area contributed by atoms with Gasteiger partial charge in [0.25, 0.3) is 5.56 Å². The van der Waals surface area contributed by atoms with E-state index in [2.05, 4.69) is 15.6 Å². The molecule has 140 valence electrons. The molecule has 0 radical (unpaired) electrons. The van der Waals surface area contributed by atoms with E-state index in [-0.39, 0.29) is 30.3 Å². The fourth-order valence-electron chi connectivity index (χ4n) is 2.33. The maximum atomic E-state index is 12.5. The average Bonchev–Trinajstić information content (AvgIpc) is 2.85. The predicted molar refractivity (Wildman–Crippen MR) is 103 cm³/mol. The molecule has 0 aliphatic carbocycles. The summed E-state index contributed by atoms with van der Waals surface area (Å²) in [6.07, 6.45) is 1.78. The summed E-state index contributed by atoms with van der Waals surface area (Å²) in [4.78, 5) is 30.6. The standard InChI is InChI=1S/C16H24N4O3S.ClH/c1-11-12(2)24-15-14(11)16(22)20(10-19-15)8-4-13(21)18-6-5-17-7-9-23-3;/h10,17H,4-9H2,1-3H3,(H,18,21);1H. The van der Waals surface area contributed by atoms with E-state index in [1.54, 1.807) is 7.11 Å². The van der Waals surface area contributed by atoms with Crippen LogP contribution in [0.3, 0.4) is 0 Å². The van der Waals surface area contributed by atoms with Crippen LogP contribution in [0.4, 0.5) is 0 Å². The minimum atomic E-state index is -0.0752. The summed E-state index contributed by atoms with van der Waals surface area (Å²) >= 11 is 1.53. The van der Waals surface area contributed by atoms with Crippen molar-refractivity contribution in [3.63, 3.8) is 0 Å². The van der Waals surface area contributed by atoms with E-state index in [0.717, 1.165) is 21.8 Å². The van der Waals surface area contributed by atoms with Crippen molar-refractivity contribution in [2.45, 2.75) is 26.8 Å².